The largest absolute Gasteiger partial charge is 0.495 e. The first-order chi connectivity index (χ1) is 8.60. The van der Waals surface area contributed by atoms with Crippen LogP contribution in [0.4, 0.5) is 5.69 Å². The molecule has 1 heterocycles. The number of rotatable bonds is 4. The zero-order valence-electron chi connectivity index (χ0n) is 11.0. The minimum atomic E-state index is 0.696. The van der Waals surface area contributed by atoms with Crippen LogP contribution < -0.4 is 10.5 Å². The van der Waals surface area contributed by atoms with Crippen molar-refractivity contribution in [3.8, 4) is 5.75 Å². The van der Waals surface area contributed by atoms with Gasteiger partial charge in [0.1, 0.15) is 5.75 Å². The molecule has 4 heteroatoms. The van der Waals surface area contributed by atoms with Gasteiger partial charge in [0.05, 0.1) is 23.5 Å². The van der Waals surface area contributed by atoms with Crippen molar-refractivity contribution in [2.24, 2.45) is 0 Å². The van der Waals surface area contributed by atoms with E-state index in [1.54, 1.807) is 18.4 Å². The van der Waals surface area contributed by atoms with Gasteiger partial charge in [0.15, 0.2) is 0 Å². The summed E-state index contributed by atoms with van der Waals surface area (Å²) in [7, 11) is 1.63. The van der Waals surface area contributed by atoms with Crippen molar-refractivity contribution >= 4 is 17.0 Å². The topological polar surface area (TPSA) is 48.1 Å². The molecule has 0 atom stereocenters. The van der Waals surface area contributed by atoms with E-state index in [0.29, 0.717) is 5.69 Å². The number of hydrogen-bond acceptors (Lipinski definition) is 4. The molecule has 1 aromatic heterocycles. The Morgan fingerprint density at radius 1 is 1.28 bits per heavy atom. The number of aromatic nitrogens is 1. The lowest BCUT2D eigenvalue weighted by molar-refractivity contribution is 0.417. The average molecular weight is 262 g/mol. The molecule has 0 spiro atoms. The Balaban J connectivity index is 2.04. The van der Waals surface area contributed by atoms with Gasteiger partial charge in [-0.25, -0.2) is 4.98 Å². The first-order valence-corrected chi connectivity index (χ1v) is 6.77. The maximum atomic E-state index is 5.89. The smallest absolute Gasteiger partial charge is 0.141 e. The number of nitrogens with zero attached hydrogens (tertiary/aromatic N) is 1. The zero-order valence-corrected chi connectivity index (χ0v) is 11.8. The van der Waals surface area contributed by atoms with Crippen LogP contribution in [-0.4, -0.2) is 12.1 Å². The maximum absolute atomic E-state index is 5.89. The number of thiazole rings is 1. The fraction of sp³-hybridized carbons (Fsp3) is 0.357. The van der Waals surface area contributed by atoms with E-state index in [1.165, 1.54) is 15.4 Å². The summed E-state index contributed by atoms with van der Waals surface area (Å²) < 4.78 is 5.15. The molecule has 2 rings (SSSR count). The molecule has 18 heavy (non-hydrogen) atoms. The molecule has 2 aromatic rings. The van der Waals surface area contributed by atoms with E-state index in [9.17, 15) is 0 Å². The van der Waals surface area contributed by atoms with Crippen LogP contribution >= 0.6 is 11.3 Å². The van der Waals surface area contributed by atoms with Gasteiger partial charge in [-0.05, 0) is 38.0 Å². The van der Waals surface area contributed by atoms with Crippen LogP contribution in [0.2, 0.25) is 0 Å². The summed E-state index contributed by atoms with van der Waals surface area (Å²) in [5, 5.41) is 1.19. The Morgan fingerprint density at radius 2 is 2.06 bits per heavy atom. The minimum Gasteiger partial charge on any atom is -0.495 e. The van der Waals surface area contributed by atoms with Crippen LogP contribution in [0.25, 0.3) is 0 Å². The second kappa shape index (κ2) is 5.40. The number of nitrogens with two attached hydrogens (primary N) is 1. The fourth-order valence-electron chi connectivity index (χ4n) is 1.84. The van der Waals surface area contributed by atoms with Crippen LogP contribution in [0.1, 0.15) is 21.1 Å². The summed E-state index contributed by atoms with van der Waals surface area (Å²) in [6, 6.07) is 5.96. The number of methoxy groups -OCH3 is 1. The maximum Gasteiger partial charge on any atom is 0.141 e. The number of nitrogen functional groups attached to an aromatic ring is 1. The van der Waals surface area contributed by atoms with Gasteiger partial charge in [-0.2, -0.15) is 0 Å². The van der Waals surface area contributed by atoms with Crippen LogP contribution in [0, 0.1) is 13.8 Å². The van der Waals surface area contributed by atoms with E-state index in [0.717, 1.165) is 24.3 Å². The van der Waals surface area contributed by atoms with E-state index in [4.69, 9.17) is 10.5 Å². The van der Waals surface area contributed by atoms with Crippen molar-refractivity contribution in [2.45, 2.75) is 26.7 Å². The highest BCUT2D eigenvalue weighted by atomic mass is 32.1. The summed E-state index contributed by atoms with van der Waals surface area (Å²) in [4.78, 5) is 5.85. The molecule has 0 saturated carbocycles. The molecule has 0 aliphatic carbocycles. The Morgan fingerprint density at radius 3 is 2.61 bits per heavy atom. The highest BCUT2D eigenvalue weighted by molar-refractivity contribution is 7.11. The second-order valence-electron chi connectivity index (χ2n) is 4.33. The first-order valence-electron chi connectivity index (χ1n) is 5.95. The van der Waals surface area contributed by atoms with Gasteiger partial charge in [0.25, 0.3) is 0 Å². The van der Waals surface area contributed by atoms with Gasteiger partial charge >= 0.3 is 0 Å². The summed E-state index contributed by atoms with van der Waals surface area (Å²) in [6.45, 7) is 4.17. The SMILES string of the molecule is COc1ccc(CCc2nc(C)c(C)s2)cc1N. The Labute approximate surface area is 112 Å². The molecule has 0 aliphatic rings. The van der Waals surface area contributed by atoms with Crippen molar-refractivity contribution in [1.82, 2.24) is 4.98 Å². The molecule has 0 radical (unpaired) electrons. The normalized spacial score (nSPS) is 10.6. The highest BCUT2D eigenvalue weighted by Gasteiger charge is 2.05. The third-order valence-electron chi connectivity index (χ3n) is 2.99. The van der Waals surface area contributed by atoms with Gasteiger partial charge in [-0.15, -0.1) is 11.3 Å². The third-order valence-corrected chi connectivity index (χ3v) is 4.13. The average Bonchev–Trinajstić information content (AvgIpc) is 2.66. The quantitative estimate of drug-likeness (QED) is 0.861. The molecule has 0 unspecified atom stereocenters. The van der Waals surface area contributed by atoms with E-state index in [1.807, 2.05) is 12.1 Å². The van der Waals surface area contributed by atoms with Crippen molar-refractivity contribution in [3.63, 3.8) is 0 Å². The Bertz CT molecular complexity index is 529. The Hall–Kier alpha value is -1.55. The van der Waals surface area contributed by atoms with Crippen molar-refractivity contribution in [2.75, 3.05) is 12.8 Å². The van der Waals surface area contributed by atoms with Crippen LogP contribution in [0.3, 0.4) is 0 Å². The lowest BCUT2D eigenvalue weighted by Gasteiger charge is -2.06. The Kier molecular flexibility index (Phi) is 3.87. The predicted molar refractivity (Wildman–Crippen MR) is 76.4 cm³/mol. The van der Waals surface area contributed by atoms with Crippen molar-refractivity contribution in [1.29, 1.82) is 0 Å². The highest BCUT2D eigenvalue weighted by Crippen LogP contribution is 2.23. The lowest BCUT2D eigenvalue weighted by atomic mass is 10.1. The molecule has 0 bridgehead atoms. The van der Waals surface area contributed by atoms with Gasteiger partial charge < -0.3 is 10.5 Å². The van der Waals surface area contributed by atoms with Crippen LogP contribution in [0.5, 0.6) is 5.75 Å². The molecule has 3 nitrogen and oxygen atoms in total. The van der Waals surface area contributed by atoms with Crippen molar-refractivity contribution in [3.05, 3.63) is 39.3 Å². The fourth-order valence-corrected chi connectivity index (χ4v) is 2.77. The second-order valence-corrected chi connectivity index (χ2v) is 5.61. The van der Waals surface area contributed by atoms with Gasteiger partial charge in [-0.3, -0.25) is 0 Å². The molecule has 1 aromatic carbocycles. The molecule has 0 fully saturated rings. The predicted octanol–water partition coefficient (Wildman–Crippen LogP) is 3.14. The molecule has 2 N–H and O–H groups in total. The summed E-state index contributed by atoms with van der Waals surface area (Å²) in [5.41, 5.74) is 8.95. The summed E-state index contributed by atoms with van der Waals surface area (Å²) in [6.07, 6.45) is 1.92. The molecular formula is C14H18N2OS. The molecular weight excluding hydrogens is 244 g/mol. The van der Waals surface area contributed by atoms with E-state index < -0.39 is 0 Å². The van der Waals surface area contributed by atoms with Gasteiger partial charge in [0, 0.05) is 11.3 Å². The summed E-state index contributed by atoms with van der Waals surface area (Å²) >= 11 is 1.78. The zero-order chi connectivity index (χ0) is 13.1. The van der Waals surface area contributed by atoms with E-state index in [-0.39, 0.29) is 0 Å². The third kappa shape index (κ3) is 2.82. The molecule has 0 amide bonds. The van der Waals surface area contributed by atoms with E-state index >= 15 is 0 Å². The van der Waals surface area contributed by atoms with E-state index in [2.05, 4.69) is 24.9 Å². The first kappa shape index (κ1) is 12.9. The van der Waals surface area contributed by atoms with Crippen molar-refractivity contribution < 1.29 is 4.74 Å². The van der Waals surface area contributed by atoms with Crippen LogP contribution in [0.15, 0.2) is 18.2 Å². The monoisotopic (exact) mass is 262 g/mol. The molecule has 96 valence electrons. The minimum absolute atomic E-state index is 0.696. The molecule has 0 aliphatic heterocycles. The number of hydrogen-bond donors (Lipinski definition) is 1. The number of benzene rings is 1. The number of aryl methyl sites for hydroxylation is 4. The van der Waals surface area contributed by atoms with Crippen LogP contribution in [-0.2, 0) is 12.8 Å². The molecule has 0 saturated heterocycles. The van der Waals surface area contributed by atoms with Gasteiger partial charge in [-0.1, -0.05) is 6.07 Å². The lowest BCUT2D eigenvalue weighted by Crippen LogP contribution is -1.96. The number of ether oxygens (including phenoxy) is 1. The standard InChI is InChI=1S/C14H18N2OS/c1-9-10(2)18-14(16-9)7-5-11-4-6-13(17-3)12(15)8-11/h4,6,8H,5,7,15H2,1-3H3. The summed E-state index contributed by atoms with van der Waals surface area (Å²) in [5.74, 6) is 0.736. The van der Waals surface area contributed by atoms with Gasteiger partial charge in [0.2, 0.25) is 0 Å². The number of anilines is 1.